The molecule has 2 aromatic carbocycles. The Hall–Kier alpha value is -2.13. The van der Waals surface area contributed by atoms with Crippen LogP contribution in [-0.4, -0.2) is 5.91 Å². The number of carbonyl (C=O) groups excluding carboxylic acids is 1. The Morgan fingerprint density at radius 2 is 1.76 bits per heavy atom. The molecule has 3 N–H and O–H groups in total. The molecule has 110 valence electrons. The van der Waals surface area contributed by atoms with E-state index < -0.39 is 0 Å². The van der Waals surface area contributed by atoms with Gasteiger partial charge in [0.05, 0.1) is 6.42 Å². The molecule has 0 bridgehead atoms. The average molecular weight is 282 g/mol. The fourth-order valence-corrected chi connectivity index (χ4v) is 2.17. The molecule has 0 aliphatic rings. The first kappa shape index (κ1) is 15.3. The van der Waals surface area contributed by atoms with Crippen molar-refractivity contribution in [2.45, 2.75) is 33.2 Å². The Balaban J connectivity index is 1.99. The Morgan fingerprint density at radius 1 is 1.10 bits per heavy atom. The fraction of sp³-hybridized carbons (Fsp3) is 0.278. The van der Waals surface area contributed by atoms with Gasteiger partial charge >= 0.3 is 0 Å². The predicted octanol–water partition coefficient (Wildman–Crippen LogP) is 3.50. The van der Waals surface area contributed by atoms with Gasteiger partial charge in [0.15, 0.2) is 0 Å². The minimum Gasteiger partial charge on any atom is -0.326 e. The molecule has 0 radical (unpaired) electrons. The number of nitrogens with one attached hydrogen (secondary N) is 1. The molecule has 0 saturated heterocycles. The quantitative estimate of drug-likeness (QED) is 0.901. The lowest BCUT2D eigenvalue weighted by molar-refractivity contribution is -0.115. The number of benzene rings is 2. The molecule has 0 spiro atoms. The first-order chi connectivity index (χ1) is 9.95. The van der Waals surface area contributed by atoms with Crippen LogP contribution in [-0.2, 0) is 11.2 Å². The van der Waals surface area contributed by atoms with Crippen molar-refractivity contribution in [1.82, 2.24) is 0 Å². The number of carbonyl (C=O) groups is 1. The highest BCUT2D eigenvalue weighted by Gasteiger charge is 2.06. The van der Waals surface area contributed by atoms with E-state index in [1.165, 1.54) is 11.1 Å². The lowest BCUT2D eigenvalue weighted by Crippen LogP contribution is -2.14. The first-order valence-electron chi connectivity index (χ1n) is 7.17. The molecule has 0 heterocycles. The molecule has 0 aliphatic heterocycles. The summed E-state index contributed by atoms with van der Waals surface area (Å²) < 4.78 is 0. The summed E-state index contributed by atoms with van der Waals surface area (Å²) in [6.45, 7) is 6.07. The van der Waals surface area contributed by atoms with Crippen LogP contribution in [0.25, 0.3) is 0 Å². The molecule has 0 saturated carbocycles. The van der Waals surface area contributed by atoms with Gasteiger partial charge in [-0.3, -0.25) is 4.79 Å². The van der Waals surface area contributed by atoms with Gasteiger partial charge in [0.2, 0.25) is 5.91 Å². The molecule has 1 atom stereocenters. The summed E-state index contributed by atoms with van der Waals surface area (Å²) in [6.07, 6.45) is 0.385. The van der Waals surface area contributed by atoms with Crippen molar-refractivity contribution in [1.29, 1.82) is 0 Å². The molecule has 3 nitrogen and oxygen atoms in total. The first-order valence-corrected chi connectivity index (χ1v) is 7.17. The number of hydrogen-bond acceptors (Lipinski definition) is 2. The standard InChI is InChI=1S/C18H22N2O/c1-12-4-5-15(10-13(12)2)11-18(21)20-17-8-6-16(7-9-17)14(3)19/h4-10,14H,11,19H2,1-3H3,(H,20,21). The van der Waals surface area contributed by atoms with Crippen LogP contribution in [0.1, 0.15) is 35.2 Å². The normalized spacial score (nSPS) is 12.0. The van der Waals surface area contributed by atoms with Crippen LogP contribution < -0.4 is 11.1 Å². The molecule has 2 rings (SSSR count). The van der Waals surface area contributed by atoms with Gasteiger partial charge in [-0.05, 0) is 55.2 Å². The Labute approximate surface area is 126 Å². The van der Waals surface area contributed by atoms with Crippen molar-refractivity contribution in [3.05, 3.63) is 64.7 Å². The van der Waals surface area contributed by atoms with Gasteiger partial charge in [-0.1, -0.05) is 30.3 Å². The van der Waals surface area contributed by atoms with Crippen molar-refractivity contribution in [2.24, 2.45) is 5.73 Å². The van der Waals surface area contributed by atoms with E-state index in [9.17, 15) is 4.79 Å². The third kappa shape index (κ3) is 4.17. The number of aryl methyl sites for hydroxylation is 2. The Bertz CT molecular complexity index is 630. The number of amides is 1. The highest BCUT2D eigenvalue weighted by atomic mass is 16.1. The van der Waals surface area contributed by atoms with Crippen molar-refractivity contribution in [3.8, 4) is 0 Å². The molecule has 2 aromatic rings. The second kappa shape index (κ2) is 6.55. The van der Waals surface area contributed by atoms with E-state index in [4.69, 9.17) is 5.73 Å². The highest BCUT2D eigenvalue weighted by molar-refractivity contribution is 5.92. The van der Waals surface area contributed by atoms with Crippen LogP contribution in [0.3, 0.4) is 0 Å². The molecule has 0 fully saturated rings. The summed E-state index contributed by atoms with van der Waals surface area (Å²) >= 11 is 0. The van der Waals surface area contributed by atoms with Crippen LogP contribution in [0.2, 0.25) is 0 Å². The van der Waals surface area contributed by atoms with Crippen LogP contribution in [0.5, 0.6) is 0 Å². The van der Waals surface area contributed by atoms with Gasteiger partial charge in [-0.15, -0.1) is 0 Å². The molecule has 21 heavy (non-hydrogen) atoms. The minimum absolute atomic E-state index is 0.00489. The molecule has 0 aliphatic carbocycles. The number of hydrogen-bond donors (Lipinski definition) is 2. The van der Waals surface area contributed by atoms with E-state index in [0.29, 0.717) is 6.42 Å². The second-order valence-electron chi connectivity index (χ2n) is 5.55. The van der Waals surface area contributed by atoms with E-state index >= 15 is 0 Å². The lowest BCUT2D eigenvalue weighted by atomic mass is 10.0. The SMILES string of the molecule is Cc1ccc(CC(=O)Nc2ccc(C(C)N)cc2)cc1C. The lowest BCUT2D eigenvalue weighted by Gasteiger charge is -2.09. The van der Waals surface area contributed by atoms with Crippen LogP contribution in [0.15, 0.2) is 42.5 Å². The van der Waals surface area contributed by atoms with Crippen molar-refractivity contribution in [3.63, 3.8) is 0 Å². The summed E-state index contributed by atoms with van der Waals surface area (Å²) in [7, 11) is 0. The summed E-state index contributed by atoms with van der Waals surface area (Å²) in [5.74, 6) is -0.00759. The largest absolute Gasteiger partial charge is 0.326 e. The highest BCUT2D eigenvalue weighted by Crippen LogP contribution is 2.15. The Morgan fingerprint density at radius 3 is 2.33 bits per heavy atom. The van der Waals surface area contributed by atoms with E-state index in [0.717, 1.165) is 16.8 Å². The van der Waals surface area contributed by atoms with E-state index in [-0.39, 0.29) is 11.9 Å². The molecule has 3 heteroatoms. The van der Waals surface area contributed by atoms with E-state index in [2.05, 4.69) is 31.3 Å². The summed E-state index contributed by atoms with van der Waals surface area (Å²) in [5, 5.41) is 2.91. The Kier molecular flexibility index (Phi) is 4.76. The van der Waals surface area contributed by atoms with Gasteiger partial charge in [0.1, 0.15) is 0 Å². The van der Waals surface area contributed by atoms with Crippen molar-refractivity contribution >= 4 is 11.6 Å². The second-order valence-corrected chi connectivity index (χ2v) is 5.55. The minimum atomic E-state index is -0.00759. The third-order valence-electron chi connectivity index (χ3n) is 3.66. The van der Waals surface area contributed by atoms with Gasteiger partial charge in [0.25, 0.3) is 0 Å². The summed E-state index contributed by atoms with van der Waals surface area (Å²) in [4.78, 5) is 12.1. The summed E-state index contributed by atoms with van der Waals surface area (Å²) in [6, 6.07) is 13.8. The van der Waals surface area contributed by atoms with Crippen molar-refractivity contribution in [2.75, 3.05) is 5.32 Å². The predicted molar refractivity (Wildman–Crippen MR) is 87.3 cm³/mol. The van der Waals surface area contributed by atoms with E-state index in [1.807, 2.05) is 37.3 Å². The maximum Gasteiger partial charge on any atom is 0.228 e. The van der Waals surface area contributed by atoms with Gasteiger partial charge in [-0.25, -0.2) is 0 Å². The van der Waals surface area contributed by atoms with Gasteiger partial charge in [0, 0.05) is 11.7 Å². The van der Waals surface area contributed by atoms with Crippen LogP contribution in [0.4, 0.5) is 5.69 Å². The average Bonchev–Trinajstić information content (AvgIpc) is 2.43. The zero-order chi connectivity index (χ0) is 15.4. The fourth-order valence-electron chi connectivity index (χ4n) is 2.17. The smallest absolute Gasteiger partial charge is 0.228 e. The molecule has 1 amide bonds. The van der Waals surface area contributed by atoms with Gasteiger partial charge < -0.3 is 11.1 Å². The van der Waals surface area contributed by atoms with Gasteiger partial charge in [-0.2, -0.15) is 0 Å². The van der Waals surface area contributed by atoms with Crippen molar-refractivity contribution < 1.29 is 4.79 Å². The maximum atomic E-state index is 12.1. The number of nitrogens with two attached hydrogens (primary N) is 1. The van der Waals surface area contributed by atoms with E-state index in [1.54, 1.807) is 0 Å². The number of anilines is 1. The topological polar surface area (TPSA) is 55.1 Å². The number of rotatable bonds is 4. The molecule has 1 unspecified atom stereocenters. The molecule has 0 aromatic heterocycles. The maximum absolute atomic E-state index is 12.1. The van der Waals surface area contributed by atoms with Crippen LogP contribution >= 0.6 is 0 Å². The molecular weight excluding hydrogens is 260 g/mol. The summed E-state index contributed by atoms with van der Waals surface area (Å²) in [5.41, 5.74) is 11.1. The van der Waals surface area contributed by atoms with Crippen LogP contribution in [0, 0.1) is 13.8 Å². The molecular formula is C18H22N2O. The zero-order valence-electron chi connectivity index (χ0n) is 12.8. The third-order valence-corrected chi connectivity index (χ3v) is 3.66. The monoisotopic (exact) mass is 282 g/mol. The zero-order valence-corrected chi connectivity index (χ0v) is 12.8.